The van der Waals surface area contributed by atoms with Crippen molar-refractivity contribution in [1.29, 1.82) is 0 Å². The minimum absolute atomic E-state index is 0. The summed E-state index contributed by atoms with van der Waals surface area (Å²) in [6.45, 7) is 0.265. The molecule has 80 valence electrons. The van der Waals surface area contributed by atoms with Crippen LogP contribution in [-0.4, -0.2) is 47.8 Å². The number of hydrogen-bond donors (Lipinski definition) is 4. The Labute approximate surface area is 87.1 Å². The van der Waals surface area contributed by atoms with Gasteiger partial charge in [-0.3, -0.25) is 9.89 Å². The molecule has 0 radical (unpaired) electrons. The van der Waals surface area contributed by atoms with Crippen molar-refractivity contribution in [2.75, 3.05) is 20.3 Å². The fourth-order valence-electron chi connectivity index (χ4n) is 0.917. The largest absolute Gasteiger partial charge is 1.00 e. The number of rotatable bonds is 2. The quantitative estimate of drug-likeness (QED) is 0.349. The van der Waals surface area contributed by atoms with Gasteiger partial charge in [0.1, 0.15) is 0 Å². The lowest BCUT2D eigenvalue weighted by molar-refractivity contribution is -0.491. The lowest BCUT2D eigenvalue weighted by Gasteiger charge is -2.11. The minimum Gasteiger partial charge on any atom is -1.00 e. The number of guanidine groups is 2. The Morgan fingerprint density at radius 1 is 1.79 bits per heavy atom. The van der Waals surface area contributed by atoms with Crippen molar-refractivity contribution in [3.05, 3.63) is 0 Å². The van der Waals surface area contributed by atoms with Crippen LogP contribution in [0.15, 0.2) is 4.99 Å². The zero-order valence-electron chi connectivity index (χ0n) is 7.62. The average molecular weight is 222 g/mol. The molecule has 0 atom stereocenters. The first-order valence-electron chi connectivity index (χ1n) is 3.70. The van der Waals surface area contributed by atoms with E-state index in [1.165, 1.54) is 4.58 Å². The summed E-state index contributed by atoms with van der Waals surface area (Å²) in [4.78, 5) is 14.2. The number of carboxylic acids is 1. The maximum absolute atomic E-state index is 10.4. The molecular weight excluding hydrogens is 210 g/mol. The molecule has 1 aliphatic rings. The van der Waals surface area contributed by atoms with Crippen molar-refractivity contribution in [3.63, 3.8) is 0 Å². The highest BCUT2D eigenvalue weighted by molar-refractivity contribution is 5.97. The summed E-state index contributed by atoms with van der Waals surface area (Å²) < 4.78 is 1.50. The molecular formula is C6H12ClN5O2. The molecule has 0 aromatic carbocycles. The Hall–Kier alpha value is -1.50. The molecule has 7 nitrogen and oxygen atoms in total. The average Bonchev–Trinajstić information content (AvgIpc) is 2.03. The number of aliphatic carboxylic acids is 1. The van der Waals surface area contributed by atoms with E-state index in [-0.39, 0.29) is 24.9 Å². The summed E-state index contributed by atoms with van der Waals surface area (Å²) in [5, 5.41) is 14.1. The SMILES string of the molecule is C[N+](CC(=O)O)=C1NCN=C(N)N1.[Cl-]. The third kappa shape index (κ3) is 3.48. The second-order valence-corrected chi connectivity index (χ2v) is 2.60. The first-order valence-corrected chi connectivity index (χ1v) is 3.70. The highest BCUT2D eigenvalue weighted by Crippen LogP contribution is 1.79. The number of carbonyl (C=O) groups is 1. The molecule has 0 aromatic heterocycles. The zero-order chi connectivity index (χ0) is 9.84. The summed E-state index contributed by atoms with van der Waals surface area (Å²) in [7, 11) is 1.64. The smallest absolute Gasteiger partial charge is 0.354 e. The van der Waals surface area contributed by atoms with Gasteiger partial charge < -0.3 is 23.2 Å². The molecule has 0 amide bonds. The van der Waals surface area contributed by atoms with E-state index in [2.05, 4.69) is 15.6 Å². The van der Waals surface area contributed by atoms with Gasteiger partial charge in [0.05, 0.1) is 7.05 Å². The first-order chi connectivity index (χ1) is 6.09. The third-order valence-electron chi connectivity index (χ3n) is 1.50. The van der Waals surface area contributed by atoms with E-state index in [0.717, 1.165) is 0 Å². The molecule has 0 aromatic rings. The molecule has 14 heavy (non-hydrogen) atoms. The van der Waals surface area contributed by atoms with Crippen molar-refractivity contribution in [2.24, 2.45) is 10.7 Å². The normalized spacial score (nSPS) is 18.2. The number of hydrogen-bond acceptors (Lipinski definition) is 3. The van der Waals surface area contributed by atoms with E-state index in [1.807, 2.05) is 0 Å². The highest BCUT2D eigenvalue weighted by atomic mass is 35.5. The zero-order valence-corrected chi connectivity index (χ0v) is 8.38. The van der Waals surface area contributed by atoms with E-state index in [0.29, 0.717) is 12.6 Å². The lowest BCUT2D eigenvalue weighted by Crippen LogP contribution is -3.00. The number of carboxylic acid groups (broad SMARTS) is 1. The van der Waals surface area contributed by atoms with Crippen LogP contribution in [0.4, 0.5) is 0 Å². The molecule has 0 saturated carbocycles. The second kappa shape index (κ2) is 5.28. The van der Waals surface area contributed by atoms with Crippen LogP contribution in [0.5, 0.6) is 0 Å². The fourth-order valence-corrected chi connectivity index (χ4v) is 0.917. The number of aliphatic imine (C=N–C) groups is 1. The first kappa shape index (κ1) is 12.5. The van der Waals surface area contributed by atoms with E-state index in [9.17, 15) is 4.79 Å². The lowest BCUT2D eigenvalue weighted by atomic mass is 10.6. The third-order valence-corrected chi connectivity index (χ3v) is 1.50. The Kier molecular flexibility index (Phi) is 4.71. The Morgan fingerprint density at radius 3 is 2.93 bits per heavy atom. The van der Waals surface area contributed by atoms with Gasteiger partial charge in [-0.25, -0.2) is 15.1 Å². The topological polar surface area (TPSA) is 103 Å². The van der Waals surface area contributed by atoms with Crippen LogP contribution in [0.3, 0.4) is 0 Å². The van der Waals surface area contributed by atoms with Gasteiger partial charge in [-0.1, -0.05) is 0 Å². The van der Waals surface area contributed by atoms with E-state index >= 15 is 0 Å². The van der Waals surface area contributed by atoms with E-state index in [1.54, 1.807) is 7.05 Å². The Balaban J connectivity index is 0.00000169. The molecule has 1 rings (SSSR count). The van der Waals surface area contributed by atoms with Crippen molar-refractivity contribution in [1.82, 2.24) is 10.6 Å². The van der Waals surface area contributed by atoms with Gasteiger partial charge in [0.25, 0.3) is 5.96 Å². The monoisotopic (exact) mass is 221 g/mol. The summed E-state index contributed by atoms with van der Waals surface area (Å²) in [6, 6.07) is 0. The fraction of sp³-hybridized carbons (Fsp3) is 0.500. The summed E-state index contributed by atoms with van der Waals surface area (Å²) >= 11 is 0. The molecule has 0 aliphatic carbocycles. The van der Waals surface area contributed by atoms with Gasteiger partial charge >= 0.3 is 11.9 Å². The molecule has 0 fully saturated rings. The molecule has 1 aliphatic heterocycles. The molecule has 8 heteroatoms. The standard InChI is InChI=1S/C6H11N5O2.ClH/c1-11(2-4(12)13)6-9-3-8-5(7)10-6;/h2-3H2,1H3,(H4,7,8,9,10,12,13);1H. The van der Waals surface area contributed by atoms with Crippen molar-refractivity contribution >= 4 is 17.9 Å². The molecule has 5 N–H and O–H groups in total. The molecule has 0 bridgehead atoms. The van der Waals surface area contributed by atoms with Crippen LogP contribution in [-0.2, 0) is 4.79 Å². The van der Waals surface area contributed by atoms with Crippen LogP contribution >= 0.6 is 0 Å². The van der Waals surface area contributed by atoms with Gasteiger partial charge in [-0.05, 0) is 0 Å². The van der Waals surface area contributed by atoms with Gasteiger partial charge in [0, 0.05) is 0 Å². The Morgan fingerprint density at radius 2 is 2.43 bits per heavy atom. The second-order valence-electron chi connectivity index (χ2n) is 2.60. The van der Waals surface area contributed by atoms with Crippen molar-refractivity contribution in [3.8, 4) is 0 Å². The summed E-state index contributed by atoms with van der Waals surface area (Å²) in [5.41, 5.74) is 5.40. The van der Waals surface area contributed by atoms with Gasteiger partial charge in [-0.2, -0.15) is 0 Å². The Bertz CT molecular complexity index is 288. The number of likely N-dealkylation sites (N-methyl/N-ethyl adjacent to an activating group) is 1. The van der Waals surface area contributed by atoms with Crippen LogP contribution in [0.2, 0.25) is 0 Å². The number of halogens is 1. The molecule has 1 heterocycles. The predicted octanol–water partition coefficient (Wildman–Crippen LogP) is -5.46. The van der Waals surface area contributed by atoms with Crippen LogP contribution < -0.4 is 28.8 Å². The predicted molar refractivity (Wildman–Crippen MR) is 46.5 cm³/mol. The van der Waals surface area contributed by atoms with Crippen LogP contribution in [0.1, 0.15) is 0 Å². The maximum Gasteiger partial charge on any atom is 0.354 e. The van der Waals surface area contributed by atoms with Gasteiger partial charge in [0.2, 0.25) is 0 Å². The minimum atomic E-state index is -0.903. The van der Waals surface area contributed by atoms with Gasteiger partial charge in [0.15, 0.2) is 13.2 Å². The summed E-state index contributed by atoms with van der Waals surface area (Å²) in [6.07, 6.45) is 0. The van der Waals surface area contributed by atoms with Crippen LogP contribution in [0.25, 0.3) is 0 Å². The maximum atomic E-state index is 10.4. The van der Waals surface area contributed by atoms with Crippen molar-refractivity contribution < 1.29 is 26.9 Å². The van der Waals surface area contributed by atoms with Gasteiger partial charge in [-0.15, -0.1) is 0 Å². The number of nitrogens with two attached hydrogens (primary N) is 1. The molecule has 0 unspecified atom stereocenters. The number of nitrogens with zero attached hydrogens (tertiary/aromatic N) is 2. The van der Waals surface area contributed by atoms with Crippen molar-refractivity contribution in [2.45, 2.75) is 0 Å². The molecule has 0 spiro atoms. The highest BCUT2D eigenvalue weighted by Gasteiger charge is 2.16. The van der Waals surface area contributed by atoms with E-state index in [4.69, 9.17) is 10.8 Å². The molecule has 0 saturated heterocycles. The number of nitrogens with one attached hydrogen (secondary N) is 2. The summed E-state index contributed by atoms with van der Waals surface area (Å²) in [5.74, 6) is -0.0689. The van der Waals surface area contributed by atoms with E-state index < -0.39 is 5.97 Å². The van der Waals surface area contributed by atoms with Crippen LogP contribution in [0, 0.1) is 0 Å².